The second kappa shape index (κ2) is 7.36. The van der Waals surface area contributed by atoms with E-state index in [9.17, 15) is 4.79 Å². The zero-order valence-corrected chi connectivity index (χ0v) is 15.1. The first-order chi connectivity index (χ1) is 12.7. The minimum atomic E-state index is -0.0554. The second-order valence-electron chi connectivity index (χ2n) is 6.48. The Kier molecular flexibility index (Phi) is 4.78. The summed E-state index contributed by atoms with van der Waals surface area (Å²) in [5, 5.41) is 0.660. The van der Waals surface area contributed by atoms with Crippen LogP contribution >= 0.6 is 11.6 Å². The van der Waals surface area contributed by atoms with Crippen molar-refractivity contribution in [2.75, 3.05) is 13.1 Å². The van der Waals surface area contributed by atoms with E-state index in [4.69, 9.17) is 11.6 Å². The van der Waals surface area contributed by atoms with Crippen molar-refractivity contribution in [2.45, 2.75) is 13.0 Å². The normalized spacial score (nSPS) is 15.0. The van der Waals surface area contributed by atoms with Gasteiger partial charge in [0.15, 0.2) is 0 Å². The van der Waals surface area contributed by atoms with Crippen LogP contribution in [0.5, 0.6) is 0 Å². The van der Waals surface area contributed by atoms with Gasteiger partial charge in [-0.1, -0.05) is 48.0 Å². The molecule has 0 unspecified atom stereocenters. The van der Waals surface area contributed by atoms with Crippen molar-refractivity contribution < 1.29 is 0 Å². The minimum Gasteiger partial charge on any atom is -0.293 e. The highest BCUT2D eigenvalue weighted by Gasteiger charge is 2.16. The van der Waals surface area contributed by atoms with Crippen LogP contribution in [0.15, 0.2) is 77.9 Å². The Morgan fingerprint density at radius 2 is 1.65 bits per heavy atom. The maximum atomic E-state index is 12.9. The number of nitrogens with zero attached hydrogens (tertiary/aromatic N) is 3. The van der Waals surface area contributed by atoms with Crippen LogP contribution in [-0.4, -0.2) is 27.1 Å². The van der Waals surface area contributed by atoms with Crippen LogP contribution in [0.2, 0.25) is 5.02 Å². The fraction of sp³-hybridized carbons (Fsp3) is 0.190. The van der Waals surface area contributed by atoms with E-state index in [-0.39, 0.29) is 5.69 Å². The van der Waals surface area contributed by atoms with Crippen molar-refractivity contribution >= 4 is 17.3 Å². The summed E-state index contributed by atoms with van der Waals surface area (Å²) in [4.78, 5) is 15.2. The molecule has 0 amide bonds. The molecule has 1 aliphatic heterocycles. The highest BCUT2D eigenvalue weighted by Crippen LogP contribution is 2.17. The first-order valence-electron chi connectivity index (χ1n) is 8.72. The summed E-state index contributed by atoms with van der Waals surface area (Å²) in [6, 6.07) is 17.7. The Bertz CT molecular complexity index is 970. The molecule has 0 saturated heterocycles. The summed E-state index contributed by atoms with van der Waals surface area (Å²) in [5.41, 5.74) is 3.08. The molecular weight excluding hydrogens is 346 g/mol. The molecule has 0 fully saturated rings. The van der Waals surface area contributed by atoms with Crippen molar-refractivity contribution in [3.8, 4) is 5.69 Å². The summed E-state index contributed by atoms with van der Waals surface area (Å²) in [7, 11) is 0. The summed E-state index contributed by atoms with van der Waals surface area (Å²) < 4.78 is 3.39. The maximum Gasteiger partial charge on any atom is 0.337 e. The molecule has 3 aromatic rings. The van der Waals surface area contributed by atoms with E-state index in [1.54, 1.807) is 21.3 Å². The summed E-state index contributed by atoms with van der Waals surface area (Å²) in [6.45, 7) is 2.66. The molecule has 1 aromatic heterocycles. The predicted molar refractivity (Wildman–Crippen MR) is 106 cm³/mol. The number of imidazole rings is 1. The van der Waals surface area contributed by atoms with Gasteiger partial charge >= 0.3 is 5.69 Å². The molecule has 1 aliphatic rings. The first kappa shape index (κ1) is 16.9. The van der Waals surface area contributed by atoms with E-state index in [1.807, 2.05) is 30.6 Å². The molecule has 0 N–H and O–H groups in total. The molecule has 132 valence electrons. The lowest BCUT2D eigenvalue weighted by Gasteiger charge is -2.27. The molecule has 2 aromatic carbocycles. The predicted octanol–water partition coefficient (Wildman–Crippen LogP) is 4.04. The minimum absolute atomic E-state index is 0.0554. The van der Waals surface area contributed by atoms with Crippen molar-refractivity contribution in [1.29, 1.82) is 0 Å². The van der Waals surface area contributed by atoms with Crippen LogP contribution in [0.4, 0.5) is 0 Å². The molecular formula is C21H20ClN3O. The van der Waals surface area contributed by atoms with Gasteiger partial charge < -0.3 is 0 Å². The van der Waals surface area contributed by atoms with Gasteiger partial charge in [-0.2, -0.15) is 0 Å². The van der Waals surface area contributed by atoms with E-state index in [0.29, 0.717) is 5.02 Å². The molecule has 0 atom stereocenters. The maximum absolute atomic E-state index is 12.9. The topological polar surface area (TPSA) is 30.2 Å². The fourth-order valence-corrected chi connectivity index (χ4v) is 3.46. The molecule has 4 rings (SSSR count). The van der Waals surface area contributed by atoms with Crippen molar-refractivity contribution in [2.24, 2.45) is 0 Å². The Morgan fingerprint density at radius 1 is 0.923 bits per heavy atom. The molecule has 0 bridgehead atoms. The van der Waals surface area contributed by atoms with Gasteiger partial charge in [-0.15, -0.1) is 0 Å². The highest BCUT2D eigenvalue weighted by atomic mass is 35.5. The van der Waals surface area contributed by atoms with E-state index >= 15 is 0 Å². The molecule has 0 radical (unpaired) electrons. The van der Waals surface area contributed by atoms with Crippen molar-refractivity contribution in [3.05, 3.63) is 94.1 Å². The first-order valence-corrected chi connectivity index (χ1v) is 9.10. The van der Waals surface area contributed by atoms with Gasteiger partial charge in [0.1, 0.15) is 0 Å². The molecule has 5 heteroatoms. The van der Waals surface area contributed by atoms with Crippen LogP contribution in [0.25, 0.3) is 11.4 Å². The van der Waals surface area contributed by atoms with E-state index in [1.165, 1.54) is 5.56 Å². The van der Waals surface area contributed by atoms with Crippen LogP contribution in [0.3, 0.4) is 0 Å². The summed E-state index contributed by atoms with van der Waals surface area (Å²) in [6.07, 6.45) is 6.76. The number of hydrogen-bond donors (Lipinski definition) is 0. The largest absolute Gasteiger partial charge is 0.337 e. The third-order valence-corrected chi connectivity index (χ3v) is 4.90. The quantitative estimate of drug-likeness (QED) is 0.698. The van der Waals surface area contributed by atoms with E-state index < -0.39 is 0 Å². The lowest BCUT2D eigenvalue weighted by molar-refractivity contribution is 0.292. The smallest absolute Gasteiger partial charge is 0.293 e. The number of benzene rings is 2. The number of halogens is 1. The third-order valence-electron chi connectivity index (χ3n) is 4.65. The number of aromatic nitrogens is 2. The highest BCUT2D eigenvalue weighted by molar-refractivity contribution is 6.30. The van der Waals surface area contributed by atoms with Crippen LogP contribution in [0, 0.1) is 0 Å². The average molecular weight is 366 g/mol. The van der Waals surface area contributed by atoms with Gasteiger partial charge in [0, 0.05) is 42.7 Å². The second-order valence-corrected chi connectivity index (χ2v) is 6.91. The lowest BCUT2D eigenvalue weighted by atomic mass is 10.1. The van der Waals surface area contributed by atoms with Gasteiger partial charge in [0.2, 0.25) is 0 Å². The number of hydrogen-bond acceptors (Lipinski definition) is 2. The summed E-state index contributed by atoms with van der Waals surface area (Å²) in [5.74, 6) is 0. The Labute approximate surface area is 157 Å². The lowest BCUT2D eigenvalue weighted by Crippen LogP contribution is -2.33. The Hall–Kier alpha value is -2.56. The van der Waals surface area contributed by atoms with Gasteiger partial charge in [0.25, 0.3) is 0 Å². The standard InChI is InChI=1S/C21H20ClN3O/c22-18-8-10-19(11-9-18)24-13-14-25(21(24)26)20-7-4-12-23(16-20)15-17-5-2-1-3-6-17/h1-3,5-11,13-14H,4,12,15-16H2. The molecule has 0 saturated carbocycles. The van der Waals surface area contributed by atoms with Crippen molar-refractivity contribution in [3.63, 3.8) is 0 Å². The van der Waals surface area contributed by atoms with Gasteiger partial charge in [-0.25, -0.2) is 4.79 Å². The Morgan fingerprint density at radius 3 is 2.42 bits per heavy atom. The van der Waals surface area contributed by atoms with Crippen LogP contribution < -0.4 is 5.69 Å². The van der Waals surface area contributed by atoms with Crippen LogP contribution in [0.1, 0.15) is 12.0 Å². The fourth-order valence-electron chi connectivity index (χ4n) is 3.33. The summed E-state index contributed by atoms with van der Waals surface area (Å²) >= 11 is 5.94. The SMILES string of the molecule is O=c1n(C2=CCCN(Cc3ccccc3)C2)ccn1-c1ccc(Cl)cc1. The van der Waals surface area contributed by atoms with Crippen molar-refractivity contribution in [1.82, 2.24) is 14.0 Å². The molecule has 2 heterocycles. The van der Waals surface area contributed by atoms with Gasteiger partial charge in [0.05, 0.1) is 5.69 Å². The average Bonchev–Trinajstić information content (AvgIpc) is 3.05. The third kappa shape index (κ3) is 3.52. The van der Waals surface area contributed by atoms with Gasteiger partial charge in [-0.3, -0.25) is 14.0 Å². The number of rotatable bonds is 4. The zero-order chi connectivity index (χ0) is 17.9. The molecule has 0 spiro atoms. The van der Waals surface area contributed by atoms with E-state index in [0.717, 1.165) is 37.4 Å². The Balaban J connectivity index is 1.55. The molecule has 0 aliphatic carbocycles. The van der Waals surface area contributed by atoms with Crippen LogP contribution in [-0.2, 0) is 6.54 Å². The molecule has 4 nitrogen and oxygen atoms in total. The molecule has 26 heavy (non-hydrogen) atoms. The van der Waals surface area contributed by atoms with Gasteiger partial charge in [-0.05, 0) is 36.2 Å². The zero-order valence-electron chi connectivity index (χ0n) is 14.4. The van der Waals surface area contributed by atoms with E-state index in [2.05, 4.69) is 35.2 Å². The monoisotopic (exact) mass is 365 g/mol.